The molecule has 1 aromatic heterocycles. The normalized spacial score (nSPS) is 17.9. The first kappa shape index (κ1) is 18.0. The zero-order valence-electron chi connectivity index (χ0n) is 14.1. The van der Waals surface area contributed by atoms with Crippen LogP contribution in [0, 0.1) is 0 Å². The van der Waals surface area contributed by atoms with E-state index in [-0.39, 0.29) is 11.7 Å². The predicted molar refractivity (Wildman–Crippen MR) is 94.8 cm³/mol. The van der Waals surface area contributed by atoms with Crippen molar-refractivity contribution < 1.29 is 14.4 Å². The van der Waals surface area contributed by atoms with Crippen molar-refractivity contribution in [1.29, 1.82) is 0 Å². The summed E-state index contributed by atoms with van der Waals surface area (Å²) in [7, 11) is 0. The number of likely N-dealkylation sites (tertiary alicyclic amines) is 1. The first-order chi connectivity index (χ1) is 12.6. The molecule has 2 heterocycles. The highest BCUT2D eigenvalue weighted by atomic mass is 19.1. The van der Waals surface area contributed by atoms with Crippen LogP contribution in [0.5, 0.6) is 0 Å². The number of nitrogens with zero attached hydrogens (tertiary/aromatic N) is 3. The average molecular weight is 357 g/mol. The molecule has 1 fully saturated rings. The van der Waals surface area contributed by atoms with Gasteiger partial charge in [-0.05, 0) is 12.0 Å². The lowest BCUT2D eigenvalue weighted by Crippen LogP contribution is -2.26. The molecule has 1 saturated heterocycles. The van der Waals surface area contributed by atoms with E-state index in [1.165, 1.54) is 23.4 Å². The van der Waals surface area contributed by atoms with Gasteiger partial charge in [-0.3, -0.25) is 19.9 Å². The molecule has 26 heavy (non-hydrogen) atoms. The molecule has 0 unspecified atom stereocenters. The van der Waals surface area contributed by atoms with Crippen molar-refractivity contribution in [3.05, 3.63) is 59.8 Å². The van der Waals surface area contributed by atoms with Crippen molar-refractivity contribution in [3.63, 3.8) is 0 Å². The number of hydrogen-bond donors (Lipinski definition) is 3. The third-order valence-corrected chi connectivity index (χ3v) is 4.14. The van der Waals surface area contributed by atoms with Crippen LogP contribution in [0.1, 0.15) is 17.7 Å². The number of carbonyl (C=O) groups excluding carboxylic acids is 1. The van der Waals surface area contributed by atoms with E-state index in [0.717, 1.165) is 32.1 Å². The van der Waals surface area contributed by atoms with Gasteiger partial charge >= 0.3 is 5.91 Å². The maximum absolute atomic E-state index is 13.3. The van der Waals surface area contributed by atoms with Crippen LogP contribution < -0.4 is 10.8 Å². The van der Waals surface area contributed by atoms with E-state index < -0.39 is 11.7 Å². The van der Waals surface area contributed by atoms with Crippen molar-refractivity contribution >= 4 is 17.8 Å². The van der Waals surface area contributed by atoms with Gasteiger partial charge in [-0.15, -0.1) is 0 Å². The molecule has 3 rings (SSSR count). The molecule has 1 aliphatic rings. The molecule has 8 heteroatoms. The maximum Gasteiger partial charge on any atom is 0.303 e. The third kappa shape index (κ3) is 4.84. The molecule has 1 amide bonds. The molecule has 3 N–H and O–H groups in total. The standard InChI is InChI=1S/C18H20FN5O2/c19-16(18(25)23-26)8-15-9-21-17(10-20-15)22-14-6-7-24(12-14)11-13-4-2-1-3-5-13/h1-5,8-10,14,26H,6-7,11-12H2,(H,21,22)(H,23,25)/t14-/m1/s1. The van der Waals surface area contributed by atoms with E-state index in [1.54, 1.807) is 0 Å². The van der Waals surface area contributed by atoms with Crippen LogP contribution in [0.3, 0.4) is 0 Å². The van der Waals surface area contributed by atoms with Crippen LogP contribution in [-0.4, -0.2) is 45.1 Å². The van der Waals surface area contributed by atoms with Gasteiger partial charge in [0.15, 0.2) is 5.83 Å². The van der Waals surface area contributed by atoms with E-state index in [1.807, 2.05) is 18.2 Å². The van der Waals surface area contributed by atoms with Crippen LogP contribution in [0.25, 0.3) is 6.08 Å². The molecule has 7 nitrogen and oxygen atoms in total. The van der Waals surface area contributed by atoms with Gasteiger partial charge in [-0.25, -0.2) is 14.9 Å². The number of amides is 1. The zero-order chi connectivity index (χ0) is 18.4. The average Bonchev–Trinajstić information content (AvgIpc) is 3.10. The molecule has 0 saturated carbocycles. The lowest BCUT2D eigenvalue weighted by molar-refractivity contribution is -0.126. The molecule has 1 aliphatic heterocycles. The third-order valence-electron chi connectivity index (χ3n) is 4.14. The highest BCUT2D eigenvalue weighted by Crippen LogP contribution is 2.17. The van der Waals surface area contributed by atoms with Gasteiger partial charge in [-0.2, -0.15) is 0 Å². The lowest BCUT2D eigenvalue weighted by atomic mass is 10.2. The van der Waals surface area contributed by atoms with Crippen molar-refractivity contribution in [2.45, 2.75) is 19.0 Å². The predicted octanol–water partition coefficient (Wildman–Crippen LogP) is 1.98. The molecule has 2 aromatic rings. The minimum Gasteiger partial charge on any atom is -0.365 e. The van der Waals surface area contributed by atoms with Crippen molar-refractivity contribution in [2.75, 3.05) is 18.4 Å². The number of rotatable bonds is 6. The largest absolute Gasteiger partial charge is 0.365 e. The minimum absolute atomic E-state index is 0.189. The molecular formula is C18H20FN5O2. The Balaban J connectivity index is 1.53. The van der Waals surface area contributed by atoms with Crippen LogP contribution >= 0.6 is 0 Å². The number of aromatic nitrogens is 2. The summed E-state index contributed by atoms with van der Waals surface area (Å²) in [6, 6.07) is 10.6. The fourth-order valence-corrected chi connectivity index (χ4v) is 2.88. The van der Waals surface area contributed by atoms with Gasteiger partial charge in [0.1, 0.15) is 5.82 Å². The smallest absolute Gasteiger partial charge is 0.303 e. The van der Waals surface area contributed by atoms with Gasteiger partial charge in [0.2, 0.25) is 0 Å². The Labute approximate surface area is 150 Å². The van der Waals surface area contributed by atoms with Crippen molar-refractivity contribution in [3.8, 4) is 0 Å². The Kier molecular flexibility index (Phi) is 5.88. The van der Waals surface area contributed by atoms with Gasteiger partial charge in [-0.1, -0.05) is 30.3 Å². The van der Waals surface area contributed by atoms with Gasteiger partial charge in [0.05, 0.1) is 18.1 Å². The van der Waals surface area contributed by atoms with Crippen LogP contribution in [-0.2, 0) is 11.3 Å². The number of nitrogens with one attached hydrogen (secondary N) is 2. The molecule has 1 aromatic carbocycles. The van der Waals surface area contributed by atoms with E-state index in [0.29, 0.717) is 5.82 Å². The highest BCUT2D eigenvalue weighted by Gasteiger charge is 2.22. The number of hydroxylamine groups is 1. The summed E-state index contributed by atoms with van der Waals surface area (Å²) in [4.78, 5) is 21.5. The van der Waals surface area contributed by atoms with Gasteiger partial charge in [0.25, 0.3) is 0 Å². The Morgan fingerprint density at radius 2 is 2.12 bits per heavy atom. The van der Waals surface area contributed by atoms with Crippen LogP contribution in [0.2, 0.25) is 0 Å². The number of anilines is 1. The second kappa shape index (κ2) is 8.50. The summed E-state index contributed by atoms with van der Waals surface area (Å²) in [5.74, 6) is -1.77. The maximum atomic E-state index is 13.3. The SMILES string of the molecule is O=C(NO)C(F)=Cc1cnc(N[C@@H]2CCN(Cc3ccccc3)C2)cn1. The van der Waals surface area contributed by atoms with E-state index in [4.69, 9.17) is 5.21 Å². The first-order valence-electron chi connectivity index (χ1n) is 8.30. The Morgan fingerprint density at radius 1 is 1.31 bits per heavy atom. The van der Waals surface area contributed by atoms with Crippen molar-refractivity contribution in [2.24, 2.45) is 0 Å². The van der Waals surface area contributed by atoms with Gasteiger partial charge < -0.3 is 5.32 Å². The zero-order valence-corrected chi connectivity index (χ0v) is 14.1. The molecule has 136 valence electrons. The quantitative estimate of drug-likeness (QED) is 0.416. The molecule has 1 atom stereocenters. The van der Waals surface area contributed by atoms with E-state index in [9.17, 15) is 9.18 Å². The van der Waals surface area contributed by atoms with E-state index in [2.05, 4.69) is 32.3 Å². The fourth-order valence-electron chi connectivity index (χ4n) is 2.88. The number of carbonyl (C=O) groups is 1. The Bertz CT molecular complexity index is 767. The molecule has 0 spiro atoms. The van der Waals surface area contributed by atoms with Crippen LogP contribution in [0.15, 0.2) is 48.6 Å². The fraction of sp³-hybridized carbons (Fsp3) is 0.278. The van der Waals surface area contributed by atoms with E-state index >= 15 is 0 Å². The number of hydrogen-bond acceptors (Lipinski definition) is 6. The van der Waals surface area contributed by atoms with Crippen LogP contribution in [0.4, 0.5) is 10.2 Å². The summed E-state index contributed by atoms with van der Waals surface area (Å²) in [5, 5.41) is 11.7. The number of benzene rings is 1. The summed E-state index contributed by atoms with van der Waals surface area (Å²) in [6.45, 7) is 2.83. The van der Waals surface area contributed by atoms with Crippen molar-refractivity contribution in [1.82, 2.24) is 20.3 Å². The van der Waals surface area contributed by atoms with Gasteiger partial charge in [0, 0.05) is 31.8 Å². The molecule has 0 aliphatic carbocycles. The highest BCUT2D eigenvalue weighted by molar-refractivity contribution is 5.94. The molecule has 0 radical (unpaired) electrons. The topological polar surface area (TPSA) is 90.4 Å². The first-order valence-corrected chi connectivity index (χ1v) is 8.30. The second-order valence-electron chi connectivity index (χ2n) is 6.11. The lowest BCUT2D eigenvalue weighted by Gasteiger charge is -2.17. The minimum atomic E-state index is -1.22. The number of halogens is 1. The summed E-state index contributed by atoms with van der Waals surface area (Å²) in [5.41, 5.74) is 2.70. The molecule has 0 bridgehead atoms. The summed E-state index contributed by atoms with van der Waals surface area (Å²) < 4.78 is 13.3. The second-order valence-corrected chi connectivity index (χ2v) is 6.11. The summed E-state index contributed by atoms with van der Waals surface area (Å²) >= 11 is 0. The Hall–Kier alpha value is -2.84. The molecular weight excluding hydrogens is 337 g/mol. The summed E-state index contributed by atoms with van der Waals surface area (Å²) in [6.07, 6.45) is 4.76. The Morgan fingerprint density at radius 3 is 2.81 bits per heavy atom. The monoisotopic (exact) mass is 357 g/mol.